The molecule has 82 valence electrons. The highest BCUT2D eigenvalue weighted by molar-refractivity contribution is 6.61. The highest BCUT2D eigenvalue weighted by atomic mass is 35.5. The lowest BCUT2D eigenvalue weighted by molar-refractivity contribution is 0.165. The van der Waals surface area contributed by atoms with Crippen LogP contribution in [0.4, 0.5) is 4.79 Å². The average molecular weight is 231 g/mol. The van der Waals surface area contributed by atoms with Crippen molar-refractivity contribution in [2.75, 3.05) is 14.2 Å². The Morgan fingerprint density at radius 3 is 2.60 bits per heavy atom. The Balaban J connectivity index is 2.85. The van der Waals surface area contributed by atoms with Gasteiger partial charge in [-0.15, -0.1) is 0 Å². The minimum absolute atomic E-state index is 0.0582. The minimum atomic E-state index is -0.847. The summed E-state index contributed by atoms with van der Waals surface area (Å²) in [5.41, 5.74) is -0.147. The van der Waals surface area contributed by atoms with Gasteiger partial charge in [-0.05, 0) is 18.2 Å². The van der Waals surface area contributed by atoms with E-state index in [1.165, 1.54) is 7.11 Å². The van der Waals surface area contributed by atoms with Gasteiger partial charge in [-0.25, -0.2) is 4.79 Å². The topological polar surface area (TPSA) is 44.8 Å². The van der Waals surface area contributed by atoms with Crippen LogP contribution < -0.4 is 9.47 Å². The van der Waals surface area contributed by atoms with Crippen molar-refractivity contribution in [3.05, 3.63) is 23.8 Å². The molecule has 0 aliphatic rings. The quantitative estimate of drug-likeness (QED) is 0.746. The molecule has 15 heavy (non-hydrogen) atoms. The van der Waals surface area contributed by atoms with Crippen molar-refractivity contribution < 1.29 is 19.0 Å². The highest BCUT2D eigenvalue weighted by Gasteiger charge is 2.06. The van der Waals surface area contributed by atoms with E-state index in [2.05, 4.69) is 4.74 Å². The normalized spacial score (nSPS) is 9.53. The van der Waals surface area contributed by atoms with Crippen LogP contribution >= 0.6 is 11.6 Å². The van der Waals surface area contributed by atoms with Crippen LogP contribution in [0, 0.1) is 0 Å². The first kappa shape index (κ1) is 11.7. The zero-order valence-electron chi connectivity index (χ0n) is 8.45. The van der Waals surface area contributed by atoms with E-state index in [1.807, 2.05) is 0 Å². The molecule has 0 unspecified atom stereocenters. The number of carbonyl (C=O) groups excluding carboxylic acids is 1. The van der Waals surface area contributed by atoms with Crippen LogP contribution in [0.15, 0.2) is 18.2 Å². The first-order valence-corrected chi connectivity index (χ1v) is 4.58. The largest absolute Gasteiger partial charge is 0.497 e. The molecule has 1 aromatic carbocycles. The van der Waals surface area contributed by atoms with Gasteiger partial charge < -0.3 is 14.2 Å². The first-order valence-electron chi connectivity index (χ1n) is 4.20. The van der Waals surface area contributed by atoms with Crippen molar-refractivity contribution in [1.29, 1.82) is 0 Å². The zero-order valence-corrected chi connectivity index (χ0v) is 9.21. The van der Waals surface area contributed by atoms with Gasteiger partial charge in [0.2, 0.25) is 0 Å². The average Bonchev–Trinajstić information content (AvgIpc) is 2.25. The maximum absolute atomic E-state index is 10.4. The third-order valence-corrected chi connectivity index (χ3v) is 1.94. The predicted molar refractivity (Wildman–Crippen MR) is 55.6 cm³/mol. The third kappa shape index (κ3) is 3.32. The van der Waals surface area contributed by atoms with Crippen molar-refractivity contribution in [1.82, 2.24) is 0 Å². The van der Waals surface area contributed by atoms with E-state index in [1.54, 1.807) is 25.3 Å². The van der Waals surface area contributed by atoms with Gasteiger partial charge in [0, 0.05) is 17.2 Å². The second-order valence-electron chi connectivity index (χ2n) is 2.70. The minimum Gasteiger partial charge on any atom is -0.497 e. The van der Waals surface area contributed by atoms with Gasteiger partial charge in [0.1, 0.15) is 18.1 Å². The monoisotopic (exact) mass is 230 g/mol. The number of ether oxygens (including phenoxy) is 3. The standard InChI is InChI=1S/C10H11ClO4/c1-13-8-3-4-9(14-2)7(5-8)6-15-10(11)12/h3-5H,6H2,1-2H3. The van der Waals surface area contributed by atoms with Crippen molar-refractivity contribution in [3.8, 4) is 11.5 Å². The van der Waals surface area contributed by atoms with Crippen LogP contribution in [-0.2, 0) is 11.3 Å². The molecule has 0 fully saturated rings. The molecule has 4 nitrogen and oxygen atoms in total. The lowest BCUT2D eigenvalue weighted by Crippen LogP contribution is -1.98. The van der Waals surface area contributed by atoms with Crippen LogP contribution in [0.3, 0.4) is 0 Å². The Morgan fingerprint density at radius 1 is 1.33 bits per heavy atom. The molecule has 1 rings (SSSR count). The summed E-state index contributed by atoms with van der Waals surface area (Å²) in [6.45, 7) is 0.0582. The fourth-order valence-electron chi connectivity index (χ4n) is 1.13. The van der Waals surface area contributed by atoms with E-state index < -0.39 is 5.43 Å². The smallest absolute Gasteiger partial charge is 0.404 e. The molecule has 0 radical (unpaired) electrons. The molecule has 0 heterocycles. The number of benzene rings is 1. The number of rotatable bonds is 4. The molecule has 5 heteroatoms. The van der Waals surface area contributed by atoms with E-state index in [-0.39, 0.29) is 6.61 Å². The highest BCUT2D eigenvalue weighted by Crippen LogP contribution is 2.24. The summed E-state index contributed by atoms with van der Waals surface area (Å²) < 4.78 is 14.8. The second kappa shape index (κ2) is 5.46. The summed E-state index contributed by atoms with van der Waals surface area (Å²) >= 11 is 5.06. The summed E-state index contributed by atoms with van der Waals surface area (Å²) in [6.07, 6.45) is 0. The van der Waals surface area contributed by atoms with E-state index in [0.29, 0.717) is 17.1 Å². The number of methoxy groups -OCH3 is 2. The molecule has 0 spiro atoms. The number of halogens is 1. The van der Waals surface area contributed by atoms with Gasteiger partial charge in [0.05, 0.1) is 14.2 Å². The van der Waals surface area contributed by atoms with E-state index >= 15 is 0 Å². The second-order valence-corrected chi connectivity index (χ2v) is 3.01. The van der Waals surface area contributed by atoms with Gasteiger partial charge in [-0.2, -0.15) is 0 Å². The third-order valence-electron chi connectivity index (χ3n) is 1.83. The number of hydrogen-bond acceptors (Lipinski definition) is 4. The van der Waals surface area contributed by atoms with Gasteiger partial charge in [-0.1, -0.05) is 0 Å². The molecule has 0 amide bonds. The molecular weight excluding hydrogens is 220 g/mol. The molecule has 0 aromatic heterocycles. The maximum atomic E-state index is 10.4. The van der Waals surface area contributed by atoms with Crippen LogP contribution in [0.5, 0.6) is 11.5 Å². The zero-order chi connectivity index (χ0) is 11.3. The van der Waals surface area contributed by atoms with Crippen LogP contribution in [0.2, 0.25) is 0 Å². The van der Waals surface area contributed by atoms with Crippen molar-refractivity contribution in [3.63, 3.8) is 0 Å². The van der Waals surface area contributed by atoms with Gasteiger partial charge >= 0.3 is 5.43 Å². The molecule has 1 aromatic rings. The Hall–Kier alpha value is -1.42. The van der Waals surface area contributed by atoms with Gasteiger partial charge in [0.25, 0.3) is 0 Å². The Kier molecular flexibility index (Phi) is 4.24. The maximum Gasteiger partial charge on any atom is 0.404 e. The molecular formula is C10H11ClO4. The van der Waals surface area contributed by atoms with E-state index in [4.69, 9.17) is 21.1 Å². The molecule has 0 N–H and O–H groups in total. The molecule has 0 aliphatic carbocycles. The summed E-state index contributed by atoms with van der Waals surface area (Å²) in [5, 5.41) is 0. The van der Waals surface area contributed by atoms with Gasteiger partial charge in [-0.3, -0.25) is 0 Å². The summed E-state index contributed by atoms with van der Waals surface area (Å²) in [6, 6.07) is 5.21. The molecule has 0 saturated carbocycles. The van der Waals surface area contributed by atoms with E-state index in [9.17, 15) is 4.79 Å². The van der Waals surface area contributed by atoms with Crippen LogP contribution in [0.1, 0.15) is 5.56 Å². The van der Waals surface area contributed by atoms with Crippen molar-refractivity contribution in [2.24, 2.45) is 0 Å². The Morgan fingerprint density at radius 2 is 2.07 bits per heavy atom. The summed E-state index contributed by atoms with van der Waals surface area (Å²) in [7, 11) is 3.09. The molecule has 0 atom stereocenters. The van der Waals surface area contributed by atoms with Crippen LogP contribution in [0.25, 0.3) is 0 Å². The summed E-state index contributed by atoms with van der Waals surface area (Å²) in [4.78, 5) is 10.4. The molecule has 0 bridgehead atoms. The lowest BCUT2D eigenvalue weighted by atomic mass is 10.2. The van der Waals surface area contributed by atoms with Crippen molar-refractivity contribution >= 4 is 17.0 Å². The summed E-state index contributed by atoms with van der Waals surface area (Å²) in [5.74, 6) is 1.28. The Labute approximate surface area is 92.7 Å². The molecule has 0 saturated heterocycles. The Bertz CT molecular complexity index is 351. The fraction of sp³-hybridized carbons (Fsp3) is 0.300. The molecule has 0 aliphatic heterocycles. The van der Waals surface area contributed by atoms with Crippen molar-refractivity contribution in [2.45, 2.75) is 6.61 Å². The lowest BCUT2D eigenvalue weighted by Gasteiger charge is -2.09. The number of hydrogen-bond donors (Lipinski definition) is 0. The first-order chi connectivity index (χ1) is 7.17. The van der Waals surface area contributed by atoms with Crippen LogP contribution in [-0.4, -0.2) is 19.6 Å². The van der Waals surface area contributed by atoms with Gasteiger partial charge in [0.15, 0.2) is 0 Å². The predicted octanol–water partition coefficient (Wildman–Crippen LogP) is 2.58. The van der Waals surface area contributed by atoms with E-state index in [0.717, 1.165) is 0 Å². The SMILES string of the molecule is COc1ccc(OC)c(COC(=O)Cl)c1. The fourth-order valence-corrected chi connectivity index (χ4v) is 1.18. The number of carbonyl (C=O) groups is 1.